The number of nitrogens with zero attached hydrogens (tertiary/aromatic N) is 2. The number of aliphatic carboxylic acids is 1. The summed E-state index contributed by atoms with van der Waals surface area (Å²) in [5, 5.41) is 9.19. The van der Waals surface area contributed by atoms with Crippen LogP contribution in [0.4, 0.5) is 0 Å². The molecule has 3 amide bonds. The summed E-state index contributed by atoms with van der Waals surface area (Å²) in [6.45, 7) is -0.0252. The van der Waals surface area contributed by atoms with Gasteiger partial charge in [-0.2, -0.15) is 0 Å². The van der Waals surface area contributed by atoms with Crippen LogP contribution in [-0.2, 0) is 16.0 Å². The fraction of sp³-hybridized carbons (Fsp3) is 0.182. The number of fused-ring (bicyclic) bond motifs is 1. The lowest BCUT2D eigenvalue weighted by Crippen LogP contribution is -2.51. The number of carboxylic acids is 1. The molecule has 0 bridgehead atoms. The predicted molar refractivity (Wildman–Crippen MR) is 103 cm³/mol. The quantitative estimate of drug-likeness (QED) is 0.788. The molecule has 2 heterocycles. The maximum Gasteiger partial charge on any atom is 0.312 e. The largest absolute Gasteiger partial charge is 0.481 e. The first kappa shape index (κ1) is 18.6. The van der Waals surface area contributed by atoms with Crippen LogP contribution in [0, 0.1) is 5.92 Å². The molecule has 0 aromatic heterocycles. The Morgan fingerprint density at radius 3 is 2.10 bits per heavy atom. The number of hydrogen-bond acceptors (Lipinski definition) is 4. The summed E-state index contributed by atoms with van der Waals surface area (Å²) in [5.74, 6) is -3.35. The van der Waals surface area contributed by atoms with Gasteiger partial charge in [-0.1, -0.05) is 48.5 Å². The smallest absolute Gasteiger partial charge is 0.312 e. The van der Waals surface area contributed by atoms with Gasteiger partial charge in [0.05, 0.1) is 17.0 Å². The number of rotatable bonds is 5. The van der Waals surface area contributed by atoms with E-state index in [4.69, 9.17) is 0 Å². The number of hydrogen-bond donors (Lipinski definition) is 1. The molecule has 2 aliphatic rings. The highest BCUT2D eigenvalue weighted by Crippen LogP contribution is 2.27. The van der Waals surface area contributed by atoms with Crippen molar-refractivity contribution >= 4 is 23.7 Å². The molecule has 0 saturated carbocycles. The lowest BCUT2D eigenvalue weighted by molar-refractivity contribution is -0.141. The van der Waals surface area contributed by atoms with Crippen LogP contribution in [-0.4, -0.2) is 51.2 Å². The van der Waals surface area contributed by atoms with Gasteiger partial charge in [-0.05, 0) is 17.7 Å². The maximum atomic E-state index is 13.3. The summed E-state index contributed by atoms with van der Waals surface area (Å²) in [4.78, 5) is 52.7. The number of imide groups is 1. The Bertz CT molecular complexity index is 996. The molecule has 0 radical (unpaired) electrons. The van der Waals surface area contributed by atoms with Crippen molar-refractivity contribution < 1.29 is 24.3 Å². The molecular weight excluding hydrogens is 372 g/mol. The summed E-state index contributed by atoms with van der Waals surface area (Å²) in [7, 11) is 0. The van der Waals surface area contributed by atoms with E-state index in [1.165, 1.54) is 17.2 Å². The van der Waals surface area contributed by atoms with Crippen molar-refractivity contribution in [1.29, 1.82) is 0 Å². The molecule has 1 unspecified atom stereocenters. The van der Waals surface area contributed by atoms with E-state index in [1.807, 2.05) is 30.3 Å². The molecule has 2 aromatic carbocycles. The van der Waals surface area contributed by atoms with Crippen LogP contribution in [0.15, 0.2) is 66.9 Å². The van der Waals surface area contributed by atoms with Crippen molar-refractivity contribution in [2.75, 3.05) is 6.54 Å². The van der Waals surface area contributed by atoms with E-state index < -0.39 is 35.7 Å². The number of benzene rings is 2. The van der Waals surface area contributed by atoms with Crippen molar-refractivity contribution in [3.8, 4) is 0 Å². The third-order valence-electron chi connectivity index (χ3n) is 5.19. The monoisotopic (exact) mass is 390 g/mol. The van der Waals surface area contributed by atoms with Crippen molar-refractivity contribution in [3.63, 3.8) is 0 Å². The molecule has 0 aliphatic carbocycles. The fourth-order valence-electron chi connectivity index (χ4n) is 3.67. The second-order valence-corrected chi connectivity index (χ2v) is 7.01. The van der Waals surface area contributed by atoms with Gasteiger partial charge >= 0.3 is 5.97 Å². The van der Waals surface area contributed by atoms with Crippen LogP contribution in [0.2, 0.25) is 0 Å². The summed E-state index contributed by atoms with van der Waals surface area (Å²) in [6.07, 6.45) is 2.99. The first-order valence-electron chi connectivity index (χ1n) is 9.20. The molecule has 0 spiro atoms. The van der Waals surface area contributed by atoms with E-state index in [-0.39, 0.29) is 24.1 Å². The van der Waals surface area contributed by atoms with E-state index in [2.05, 4.69) is 0 Å². The summed E-state index contributed by atoms with van der Waals surface area (Å²) in [5.41, 5.74) is 1.33. The summed E-state index contributed by atoms with van der Waals surface area (Å²) < 4.78 is 0. The van der Waals surface area contributed by atoms with Crippen molar-refractivity contribution in [2.45, 2.75) is 12.5 Å². The number of amides is 3. The van der Waals surface area contributed by atoms with Gasteiger partial charge in [0, 0.05) is 19.2 Å². The molecule has 2 aromatic rings. The third kappa shape index (κ3) is 3.31. The van der Waals surface area contributed by atoms with Crippen LogP contribution in [0.25, 0.3) is 0 Å². The zero-order valence-corrected chi connectivity index (χ0v) is 15.4. The highest BCUT2D eigenvalue weighted by molar-refractivity contribution is 6.22. The normalized spacial score (nSPS) is 18.8. The van der Waals surface area contributed by atoms with E-state index in [9.17, 15) is 24.3 Å². The zero-order chi connectivity index (χ0) is 20.5. The molecule has 4 rings (SSSR count). The number of carbonyl (C=O) groups excluding carboxylic acids is 3. The van der Waals surface area contributed by atoms with Crippen LogP contribution < -0.4 is 0 Å². The molecule has 7 nitrogen and oxygen atoms in total. The number of carbonyl (C=O) groups is 4. The molecule has 2 atom stereocenters. The minimum absolute atomic E-state index is 0.0252. The molecular formula is C22H18N2O5. The van der Waals surface area contributed by atoms with E-state index in [0.29, 0.717) is 0 Å². The molecule has 2 aliphatic heterocycles. The second kappa shape index (κ2) is 7.35. The molecule has 0 saturated heterocycles. The summed E-state index contributed by atoms with van der Waals surface area (Å²) >= 11 is 0. The summed E-state index contributed by atoms with van der Waals surface area (Å²) in [6, 6.07) is 14.5. The van der Waals surface area contributed by atoms with Crippen molar-refractivity contribution in [2.24, 2.45) is 5.92 Å². The van der Waals surface area contributed by atoms with Crippen LogP contribution in [0.5, 0.6) is 0 Å². The average Bonchev–Trinajstić information content (AvgIpc) is 3.32. The second-order valence-electron chi connectivity index (χ2n) is 7.01. The molecule has 7 heteroatoms. The van der Waals surface area contributed by atoms with E-state index >= 15 is 0 Å². The van der Waals surface area contributed by atoms with Crippen LogP contribution in [0.3, 0.4) is 0 Å². The molecule has 29 heavy (non-hydrogen) atoms. The minimum atomic E-state index is -1.07. The topological polar surface area (TPSA) is 95.0 Å². The molecule has 1 N–H and O–H groups in total. The first-order chi connectivity index (χ1) is 14.0. The Morgan fingerprint density at radius 1 is 0.966 bits per heavy atom. The van der Waals surface area contributed by atoms with Gasteiger partial charge in [-0.25, -0.2) is 0 Å². The van der Waals surface area contributed by atoms with Gasteiger partial charge in [-0.15, -0.1) is 0 Å². The van der Waals surface area contributed by atoms with Crippen LogP contribution >= 0.6 is 0 Å². The Kier molecular flexibility index (Phi) is 4.72. The van der Waals surface area contributed by atoms with Gasteiger partial charge < -0.3 is 10.0 Å². The van der Waals surface area contributed by atoms with Gasteiger partial charge in [-0.3, -0.25) is 24.1 Å². The predicted octanol–water partition coefficient (Wildman–Crippen LogP) is 1.95. The highest BCUT2D eigenvalue weighted by Gasteiger charge is 2.44. The highest BCUT2D eigenvalue weighted by atomic mass is 16.4. The van der Waals surface area contributed by atoms with Crippen molar-refractivity contribution in [1.82, 2.24) is 9.80 Å². The standard InChI is InChI=1S/C22H18N2O5/c25-19-16-8-4-5-9-17(16)20(26)24(19)18(12-14-6-2-1-3-7-14)21(27)23-11-10-15(13-23)22(28)29/h1-11,15,18H,12-13H2,(H,28,29)/t15-,18?/m0/s1. The van der Waals surface area contributed by atoms with Gasteiger partial charge in [0.25, 0.3) is 11.8 Å². The lowest BCUT2D eigenvalue weighted by atomic mass is 10.0. The van der Waals surface area contributed by atoms with Crippen molar-refractivity contribution in [3.05, 3.63) is 83.6 Å². The lowest BCUT2D eigenvalue weighted by Gasteiger charge is -2.29. The van der Waals surface area contributed by atoms with E-state index in [0.717, 1.165) is 10.5 Å². The van der Waals surface area contributed by atoms with Gasteiger partial charge in [0.15, 0.2) is 0 Å². The molecule has 146 valence electrons. The van der Waals surface area contributed by atoms with Gasteiger partial charge in [0.2, 0.25) is 5.91 Å². The molecule has 0 fully saturated rings. The minimum Gasteiger partial charge on any atom is -0.481 e. The average molecular weight is 390 g/mol. The fourth-order valence-corrected chi connectivity index (χ4v) is 3.67. The number of carboxylic acid groups (broad SMARTS) is 1. The Labute approximate surface area is 166 Å². The Balaban J connectivity index is 1.67. The van der Waals surface area contributed by atoms with E-state index in [1.54, 1.807) is 24.3 Å². The first-order valence-corrected chi connectivity index (χ1v) is 9.20. The Morgan fingerprint density at radius 2 is 1.55 bits per heavy atom. The third-order valence-corrected chi connectivity index (χ3v) is 5.19. The van der Waals surface area contributed by atoms with Gasteiger partial charge in [0.1, 0.15) is 6.04 Å². The SMILES string of the molecule is O=C(O)[C@H]1C=CN(C(=O)C(Cc2ccccc2)N2C(=O)c3ccccc3C2=O)C1. The van der Waals surface area contributed by atoms with Crippen LogP contribution in [0.1, 0.15) is 26.3 Å². The Hall–Kier alpha value is -3.74. The zero-order valence-electron chi connectivity index (χ0n) is 15.4. The maximum absolute atomic E-state index is 13.3.